The molecule has 1 aromatic rings. The summed E-state index contributed by atoms with van der Waals surface area (Å²) in [5.41, 5.74) is 0. The third kappa shape index (κ3) is 2.30. The summed E-state index contributed by atoms with van der Waals surface area (Å²) in [5, 5.41) is 9.87. The van der Waals surface area contributed by atoms with Crippen molar-refractivity contribution in [3.05, 3.63) is 6.20 Å². The third-order valence-electron chi connectivity index (χ3n) is 0.750. The van der Waals surface area contributed by atoms with Gasteiger partial charge in [-0.2, -0.15) is 10.3 Å². The molecule has 0 saturated heterocycles. The van der Waals surface area contributed by atoms with E-state index in [4.69, 9.17) is 0 Å². The molecule has 0 saturated carbocycles. The molecule has 10 heavy (non-hydrogen) atoms. The number of nitrogens with one attached hydrogen (secondary N) is 1. The number of thioether (sulfide) groups is 1. The predicted molar refractivity (Wildman–Crippen MR) is 33.1 cm³/mol. The molecule has 1 aromatic heterocycles. The molecule has 1 heterocycles. The van der Waals surface area contributed by atoms with E-state index in [1.165, 1.54) is 6.20 Å². The first-order valence-corrected chi connectivity index (χ1v) is 3.54. The lowest BCUT2D eigenvalue weighted by atomic mass is 10.9. The van der Waals surface area contributed by atoms with Crippen LogP contribution in [0.2, 0.25) is 0 Å². The molecule has 0 bridgehead atoms. The zero-order valence-electron chi connectivity index (χ0n) is 4.92. The van der Waals surface area contributed by atoms with Crippen LogP contribution >= 0.6 is 11.8 Å². The highest BCUT2D eigenvalue weighted by Crippen LogP contribution is 2.15. The maximum absolute atomic E-state index is 11.5. The van der Waals surface area contributed by atoms with E-state index in [-0.39, 0.29) is 5.75 Å². The van der Waals surface area contributed by atoms with Gasteiger partial charge in [0.25, 0.3) is 0 Å². The average Bonchev–Trinajstić information content (AvgIpc) is 2.34. The Morgan fingerprint density at radius 3 is 3.00 bits per heavy atom. The first-order valence-electron chi connectivity index (χ1n) is 2.56. The standard InChI is InChI=1S/C4H5F2N3S/c5-3(6)2-10-4-1-7-9-8-4/h1,3H,2H2,(H,7,8,9). The van der Waals surface area contributed by atoms with Crippen molar-refractivity contribution in [2.75, 3.05) is 5.75 Å². The Morgan fingerprint density at radius 1 is 1.70 bits per heavy atom. The van der Waals surface area contributed by atoms with Crippen molar-refractivity contribution in [3.63, 3.8) is 0 Å². The quantitative estimate of drug-likeness (QED) is 0.683. The maximum Gasteiger partial charge on any atom is 0.247 e. The number of aromatic amines is 1. The second-order valence-corrected chi connectivity index (χ2v) is 2.55. The van der Waals surface area contributed by atoms with Crippen LogP contribution in [-0.2, 0) is 0 Å². The Kier molecular flexibility index (Phi) is 2.61. The van der Waals surface area contributed by atoms with E-state index in [0.29, 0.717) is 5.03 Å². The number of nitrogens with zero attached hydrogens (tertiary/aromatic N) is 2. The Morgan fingerprint density at radius 2 is 2.50 bits per heavy atom. The summed E-state index contributed by atoms with van der Waals surface area (Å²) in [5.74, 6) is -0.230. The van der Waals surface area contributed by atoms with Gasteiger partial charge in [0.15, 0.2) is 0 Å². The number of aromatic nitrogens is 3. The Balaban J connectivity index is 2.28. The first-order chi connectivity index (χ1) is 4.79. The zero-order valence-corrected chi connectivity index (χ0v) is 5.74. The second-order valence-electron chi connectivity index (χ2n) is 1.51. The molecule has 0 aliphatic heterocycles. The van der Waals surface area contributed by atoms with Crippen LogP contribution in [0.3, 0.4) is 0 Å². The summed E-state index contributed by atoms with van der Waals surface area (Å²) >= 11 is 0.980. The van der Waals surface area contributed by atoms with Crippen LogP contribution in [0.1, 0.15) is 0 Å². The lowest BCUT2D eigenvalue weighted by molar-refractivity contribution is 0.177. The number of hydrogen-bond acceptors (Lipinski definition) is 3. The molecule has 0 amide bonds. The van der Waals surface area contributed by atoms with Gasteiger partial charge >= 0.3 is 0 Å². The number of alkyl halides is 2. The van der Waals surface area contributed by atoms with Gasteiger partial charge in [0.1, 0.15) is 5.03 Å². The number of hydrogen-bond donors (Lipinski definition) is 1. The number of rotatable bonds is 3. The molecule has 0 fully saturated rings. The van der Waals surface area contributed by atoms with Crippen molar-refractivity contribution in [1.82, 2.24) is 15.4 Å². The Hall–Kier alpha value is -0.650. The fraction of sp³-hybridized carbons (Fsp3) is 0.500. The van der Waals surface area contributed by atoms with Gasteiger partial charge in [-0.1, -0.05) is 11.8 Å². The van der Waals surface area contributed by atoms with Crippen molar-refractivity contribution < 1.29 is 8.78 Å². The smallest absolute Gasteiger partial charge is 0.210 e. The van der Waals surface area contributed by atoms with Crippen LogP contribution in [0.15, 0.2) is 11.2 Å². The van der Waals surface area contributed by atoms with Gasteiger partial charge in [0.05, 0.1) is 11.9 Å². The molecule has 0 atom stereocenters. The van der Waals surface area contributed by atoms with Crippen LogP contribution in [0.4, 0.5) is 8.78 Å². The molecule has 0 aliphatic carbocycles. The minimum Gasteiger partial charge on any atom is -0.210 e. The minimum atomic E-state index is -2.29. The van der Waals surface area contributed by atoms with Gasteiger partial charge in [-0.25, -0.2) is 8.78 Å². The highest BCUT2D eigenvalue weighted by Gasteiger charge is 2.04. The molecule has 0 aliphatic rings. The normalized spacial score (nSPS) is 10.7. The second kappa shape index (κ2) is 3.50. The van der Waals surface area contributed by atoms with E-state index in [1.807, 2.05) is 0 Å². The van der Waals surface area contributed by atoms with E-state index in [9.17, 15) is 8.78 Å². The molecule has 0 unspecified atom stereocenters. The van der Waals surface area contributed by atoms with Crippen molar-refractivity contribution in [2.45, 2.75) is 11.5 Å². The maximum atomic E-state index is 11.5. The molecule has 0 aromatic carbocycles. The molecule has 1 N–H and O–H groups in total. The van der Waals surface area contributed by atoms with E-state index < -0.39 is 6.43 Å². The predicted octanol–water partition coefficient (Wildman–Crippen LogP) is 1.16. The highest BCUT2D eigenvalue weighted by molar-refractivity contribution is 7.99. The van der Waals surface area contributed by atoms with Crippen molar-refractivity contribution in [3.8, 4) is 0 Å². The monoisotopic (exact) mass is 165 g/mol. The van der Waals surface area contributed by atoms with Crippen LogP contribution in [0, 0.1) is 0 Å². The van der Waals surface area contributed by atoms with Crippen LogP contribution in [-0.4, -0.2) is 27.6 Å². The van der Waals surface area contributed by atoms with Crippen LogP contribution in [0.25, 0.3) is 0 Å². The van der Waals surface area contributed by atoms with E-state index in [0.717, 1.165) is 11.8 Å². The molecular formula is C4H5F2N3S. The lowest BCUT2D eigenvalue weighted by Crippen LogP contribution is -1.92. The van der Waals surface area contributed by atoms with Gasteiger partial charge in [-0.05, 0) is 0 Å². The SMILES string of the molecule is FC(F)CSc1cn[nH]n1. The summed E-state index contributed by atoms with van der Waals surface area (Å²) in [6.07, 6.45) is -0.880. The summed E-state index contributed by atoms with van der Waals surface area (Å²) in [6, 6.07) is 0. The van der Waals surface area contributed by atoms with Gasteiger partial charge in [-0.15, -0.1) is 5.10 Å². The van der Waals surface area contributed by atoms with Crippen LogP contribution in [0.5, 0.6) is 0 Å². The molecule has 1 rings (SSSR count). The van der Waals surface area contributed by atoms with Gasteiger partial charge in [-0.3, -0.25) is 0 Å². The van der Waals surface area contributed by atoms with Gasteiger partial charge in [0.2, 0.25) is 6.43 Å². The fourth-order valence-electron chi connectivity index (χ4n) is 0.409. The summed E-state index contributed by atoms with van der Waals surface area (Å²) in [6.45, 7) is 0. The highest BCUT2D eigenvalue weighted by atomic mass is 32.2. The summed E-state index contributed by atoms with van der Waals surface area (Å²) in [4.78, 5) is 0. The minimum absolute atomic E-state index is 0.230. The molecular weight excluding hydrogens is 160 g/mol. The Labute approximate surface area is 60.2 Å². The third-order valence-corrected chi connectivity index (χ3v) is 1.66. The average molecular weight is 165 g/mol. The first kappa shape index (κ1) is 7.46. The topological polar surface area (TPSA) is 41.6 Å². The molecule has 0 spiro atoms. The van der Waals surface area contributed by atoms with Crippen molar-refractivity contribution in [1.29, 1.82) is 0 Å². The fourth-order valence-corrected chi connectivity index (χ4v) is 0.938. The molecule has 3 nitrogen and oxygen atoms in total. The largest absolute Gasteiger partial charge is 0.247 e. The van der Waals surface area contributed by atoms with Crippen molar-refractivity contribution in [2.24, 2.45) is 0 Å². The summed E-state index contributed by atoms with van der Waals surface area (Å²) in [7, 11) is 0. The van der Waals surface area contributed by atoms with E-state index in [2.05, 4.69) is 15.4 Å². The molecule has 6 heteroatoms. The Bertz CT molecular complexity index is 177. The summed E-state index contributed by atoms with van der Waals surface area (Å²) < 4.78 is 23.1. The van der Waals surface area contributed by atoms with Crippen LogP contribution < -0.4 is 0 Å². The van der Waals surface area contributed by atoms with Gasteiger partial charge in [0, 0.05) is 0 Å². The van der Waals surface area contributed by atoms with E-state index in [1.54, 1.807) is 0 Å². The number of H-pyrrole nitrogens is 1. The molecule has 0 radical (unpaired) electrons. The van der Waals surface area contributed by atoms with E-state index >= 15 is 0 Å². The van der Waals surface area contributed by atoms with Crippen molar-refractivity contribution >= 4 is 11.8 Å². The lowest BCUT2D eigenvalue weighted by Gasteiger charge is -1.92. The zero-order chi connectivity index (χ0) is 7.40. The van der Waals surface area contributed by atoms with Gasteiger partial charge < -0.3 is 0 Å². The molecule has 56 valence electrons. The number of halogens is 2.